The van der Waals surface area contributed by atoms with Crippen LogP contribution in [0.25, 0.3) is 0 Å². The third-order valence-electron chi connectivity index (χ3n) is 1.91. The maximum atomic E-state index is 5.91. The second-order valence-electron chi connectivity index (χ2n) is 3.10. The van der Waals surface area contributed by atoms with Gasteiger partial charge in [0.2, 0.25) is 0 Å². The Labute approximate surface area is 102 Å². The van der Waals surface area contributed by atoms with Gasteiger partial charge in [0.25, 0.3) is 0 Å². The maximum absolute atomic E-state index is 5.91. The van der Waals surface area contributed by atoms with Crippen molar-refractivity contribution >= 4 is 34.9 Å². The van der Waals surface area contributed by atoms with Gasteiger partial charge in [-0.05, 0) is 19.1 Å². The Balaban J connectivity index is 1.99. The number of rotatable bonds is 3. The fraction of sp³-hybridized carbons (Fsp3) is 0.200. The third-order valence-corrected chi connectivity index (χ3v) is 3.91. The van der Waals surface area contributed by atoms with E-state index < -0.39 is 0 Å². The van der Waals surface area contributed by atoms with E-state index in [9.17, 15) is 0 Å². The molecule has 1 aromatic carbocycles. The van der Waals surface area contributed by atoms with Gasteiger partial charge in [-0.25, -0.2) is 0 Å². The van der Waals surface area contributed by atoms with Crippen molar-refractivity contribution in [1.29, 1.82) is 0 Å². The van der Waals surface area contributed by atoms with Crippen molar-refractivity contribution < 1.29 is 0 Å². The Morgan fingerprint density at radius 2 is 2.07 bits per heavy atom. The van der Waals surface area contributed by atoms with E-state index in [2.05, 4.69) is 40.8 Å². The van der Waals surface area contributed by atoms with Crippen molar-refractivity contribution in [3.63, 3.8) is 0 Å². The topological polar surface area (TPSA) is 25.8 Å². The van der Waals surface area contributed by atoms with Crippen molar-refractivity contribution in [1.82, 2.24) is 9.59 Å². The van der Waals surface area contributed by atoms with Crippen LogP contribution >= 0.6 is 34.9 Å². The second kappa shape index (κ2) is 4.96. The number of hydrogen-bond donors (Lipinski definition) is 0. The molecule has 15 heavy (non-hydrogen) atoms. The van der Waals surface area contributed by atoms with Gasteiger partial charge < -0.3 is 0 Å². The van der Waals surface area contributed by atoms with Crippen LogP contribution in [0.15, 0.2) is 29.2 Å². The van der Waals surface area contributed by atoms with Gasteiger partial charge >= 0.3 is 0 Å². The molecule has 0 fully saturated rings. The Morgan fingerprint density at radius 1 is 1.33 bits per heavy atom. The van der Waals surface area contributed by atoms with E-state index in [1.54, 1.807) is 11.8 Å². The van der Waals surface area contributed by atoms with Gasteiger partial charge in [-0.3, -0.25) is 0 Å². The fourth-order valence-corrected chi connectivity index (χ4v) is 2.70. The Hall–Kier alpha value is -0.580. The molecule has 2 aromatic rings. The van der Waals surface area contributed by atoms with Crippen LogP contribution in [-0.2, 0) is 5.75 Å². The number of nitrogens with zero attached hydrogens (tertiary/aromatic N) is 2. The zero-order valence-corrected chi connectivity index (χ0v) is 10.5. The van der Waals surface area contributed by atoms with Gasteiger partial charge in [-0.1, -0.05) is 33.8 Å². The van der Waals surface area contributed by atoms with Crippen LogP contribution in [0.3, 0.4) is 0 Å². The summed E-state index contributed by atoms with van der Waals surface area (Å²) in [7, 11) is 0. The Kier molecular flexibility index (Phi) is 3.61. The molecule has 1 aromatic heterocycles. The lowest BCUT2D eigenvalue weighted by Crippen LogP contribution is -1.82. The first-order chi connectivity index (χ1) is 7.25. The molecule has 0 unspecified atom stereocenters. The molecule has 0 bridgehead atoms. The van der Waals surface area contributed by atoms with Crippen molar-refractivity contribution in [2.24, 2.45) is 0 Å². The van der Waals surface area contributed by atoms with Crippen LogP contribution < -0.4 is 0 Å². The Bertz CT molecular complexity index is 439. The van der Waals surface area contributed by atoms with E-state index in [0.717, 1.165) is 11.4 Å². The quantitative estimate of drug-likeness (QED) is 0.782. The second-order valence-corrected chi connectivity index (χ2v) is 5.50. The summed E-state index contributed by atoms with van der Waals surface area (Å²) in [5.74, 6) is 0.776. The van der Waals surface area contributed by atoms with E-state index in [1.165, 1.54) is 22.0 Å². The van der Waals surface area contributed by atoms with E-state index in [0.29, 0.717) is 4.34 Å². The van der Waals surface area contributed by atoms with Gasteiger partial charge in [0.15, 0.2) is 0 Å². The molecule has 0 aliphatic carbocycles. The smallest absolute Gasteiger partial charge is 0.138 e. The SMILES string of the molecule is Cc1ccc(SCc2nnsc2Cl)cc1. The molecule has 0 spiro atoms. The molecule has 78 valence electrons. The zero-order valence-electron chi connectivity index (χ0n) is 8.11. The Morgan fingerprint density at radius 3 is 2.67 bits per heavy atom. The molecule has 0 amide bonds. The molecule has 0 N–H and O–H groups in total. The lowest BCUT2D eigenvalue weighted by Gasteiger charge is -1.99. The monoisotopic (exact) mass is 256 g/mol. The minimum atomic E-state index is 0.689. The largest absolute Gasteiger partial charge is 0.141 e. The maximum Gasteiger partial charge on any atom is 0.138 e. The number of aryl methyl sites for hydroxylation is 1. The highest BCUT2D eigenvalue weighted by Crippen LogP contribution is 2.26. The number of thioether (sulfide) groups is 1. The first kappa shape index (κ1) is 10.9. The number of benzene rings is 1. The zero-order chi connectivity index (χ0) is 10.7. The first-order valence-corrected chi connectivity index (χ1v) is 6.55. The predicted octanol–water partition coefficient (Wildman–Crippen LogP) is 3.79. The van der Waals surface area contributed by atoms with Gasteiger partial charge in [-0.2, -0.15) is 0 Å². The van der Waals surface area contributed by atoms with Crippen LogP contribution in [0, 0.1) is 6.92 Å². The predicted molar refractivity (Wildman–Crippen MR) is 65.7 cm³/mol. The molecule has 0 aliphatic heterocycles. The van der Waals surface area contributed by atoms with Gasteiger partial charge in [0.05, 0.1) is 0 Å². The molecule has 0 saturated heterocycles. The van der Waals surface area contributed by atoms with Crippen molar-refractivity contribution in [2.75, 3.05) is 0 Å². The normalized spacial score (nSPS) is 10.5. The molecule has 0 atom stereocenters. The summed E-state index contributed by atoms with van der Waals surface area (Å²) in [6.07, 6.45) is 0. The van der Waals surface area contributed by atoms with Gasteiger partial charge in [0, 0.05) is 22.2 Å². The molecule has 2 rings (SSSR count). The summed E-state index contributed by atoms with van der Waals surface area (Å²) in [4.78, 5) is 1.23. The lowest BCUT2D eigenvalue weighted by atomic mass is 10.2. The summed E-state index contributed by atoms with van der Waals surface area (Å²) in [6.45, 7) is 2.08. The molecule has 0 radical (unpaired) electrons. The number of hydrogen-bond acceptors (Lipinski definition) is 4. The minimum absolute atomic E-state index is 0.689. The highest BCUT2D eigenvalue weighted by molar-refractivity contribution is 7.98. The molecule has 2 nitrogen and oxygen atoms in total. The molecule has 1 heterocycles. The van der Waals surface area contributed by atoms with Crippen molar-refractivity contribution in [3.8, 4) is 0 Å². The molecule has 0 saturated carbocycles. The van der Waals surface area contributed by atoms with E-state index in [4.69, 9.17) is 11.6 Å². The summed E-state index contributed by atoms with van der Waals surface area (Å²) < 4.78 is 4.48. The van der Waals surface area contributed by atoms with E-state index in [1.807, 2.05) is 0 Å². The molecule has 5 heteroatoms. The summed E-state index contributed by atoms with van der Waals surface area (Å²) in [5, 5.41) is 3.96. The average Bonchev–Trinajstić information content (AvgIpc) is 2.63. The highest BCUT2D eigenvalue weighted by atomic mass is 35.5. The van der Waals surface area contributed by atoms with Gasteiger partial charge in [-0.15, -0.1) is 16.9 Å². The summed E-state index contributed by atoms with van der Waals surface area (Å²) in [6, 6.07) is 8.41. The van der Waals surface area contributed by atoms with Gasteiger partial charge in [0.1, 0.15) is 10.0 Å². The molecule has 0 aliphatic rings. The van der Waals surface area contributed by atoms with Crippen LogP contribution in [0.4, 0.5) is 0 Å². The van der Waals surface area contributed by atoms with Crippen molar-refractivity contribution in [2.45, 2.75) is 17.6 Å². The van der Waals surface area contributed by atoms with E-state index >= 15 is 0 Å². The van der Waals surface area contributed by atoms with Crippen LogP contribution in [-0.4, -0.2) is 9.59 Å². The highest BCUT2D eigenvalue weighted by Gasteiger charge is 2.05. The minimum Gasteiger partial charge on any atom is -0.141 e. The summed E-state index contributed by atoms with van der Waals surface area (Å²) >= 11 is 8.87. The van der Waals surface area contributed by atoms with Crippen LogP contribution in [0.2, 0.25) is 4.34 Å². The summed E-state index contributed by atoms with van der Waals surface area (Å²) in [5.41, 5.74) is 2.14. The third kappa shape index (κ3) is 2.93. The lowest BCUT2D eigenvalue weighted by molar-refractivity contribution is 1.07. The number of halogens is 1. The van der Waals surface area contributed by atoms with Crippen LogP contribution in [0.5, 0.6) is 0 Å². The average molecular weight is 257 g/mol. The fourth-order valence-electron chi connectivity index (χ4n) is 1.07. The standard InChI is InChI=1S/C10H9ClN2S2/c1-7-2-4-8(5-3-7)14-6-9-10(11)15-13-12-9/h2-5H,6H2,1H3. The van der Waals surface area contributed by atoms with Crippen molar-refractivity contribution in [3.05, 3.63) is 39.9 Å². The van der Waals surface area contributed by atoms with E-state index in [-0.39, 0.29) is 0 Å². The first-order valence-electron chi connectivity index (χ1n) is 4.42. The number of aromatic nitrogens is 2. The van der Waals surface area contributed by atoms with Crippen LogP contribution in [0.1, 0.15) is 11.3 Å². The molecular formula is C10H9ClN2S2. The molecular weight excluding hydrogens is 248 g/mol.